The Labute approximate surface area is 115 Å². The molecule has 0 aliphatic rings. The van der Waals surface area contributed by atoms with Crippen LogP contribution in [0.3, 0.4) is 0 Å². The van der Waals surface area contributed by atoms with Gasteiger partial charge in [0.1, 0.15) is 12.6 Å². The molecule has 0 saturated carbocycles. The predicted molar refractivity (Wildman–Crippen MR) is 74.1 cm³/mol. The lowest BCUT2D eigenvalue weighted by Crippen LogP contribution is -2.10. The summed E-state index contributed by atoms with van der Waals surface area (Å²) in [7, 11) is 0. The number of rotatable bonds is 3. The van der Waals surface area contributed by atoms with Crippen LogP contribution in [0.1, 0.15) is 10.4 Å². The maximum absolute atomic E-state index is 11.8. The molecule has 0 unspecified atom stereocenters. The average Bonchev–Trinajstić information content (AvgIpc) is 3.03. The quantitative estimate of drug-likeness (QED) is 0.790. The summed E-state index contributed by atoms with van der Waals surface area (Å²) in [6, 6.07) is 9.10. The molecule has 5 nitrogen and oxygen atoms in total. The number of hydrogen-bond acceptors (Lipinski definition) is 4. The third-order valence-electron chi connectivity index (χ3n) is 2.82. The number of furan rings is 1. The number of carbonyl (C=O) groups excluding carboxylic acids is 1. The topological polar surface area (TPSA) is 68.0 Å². The molecule has 0 radical (unpaired) electrons. The molecule has 2 heterocycles. The number of carbonyl (C=O) groups is 1. The summed E-state index contributed by atoms with van der Waals surface area (Å²) in [5.41, 5.74) is 3.13. The second-order valence-corrected chi connectivity index (χ2v) is 4.17. The largest absolute Gasteiger partial charge is 0.472 e. The van der Waals surface area contributed by atoms with Crippen molar-refractivity contribution in [2.45, 2.75) is 0 Å². The molecule has 98 valence electrons. The van der Waals surface area contributed by atoms with Crippen molar-refractivity contribution in [1.29, 1.82) is 0 Å². The smallest absolute Gasteiger partial charge is 0.258 e. The van der Waals surface area contributed by atoms with Gasteiger partial charge < -0.3 is 9.73 Å². The summed E-state index contributed by atoms with van der Waals surface area (Å²) in [5.74, 6) is -0.199. The molecular formula is C15H11N3O2. The molecular weight excluding hydrogens is 254 g/mol. The first kappa shape index (κ1) is 12.1. The van der Waals surface area contributed by atoms with Crippen molar-refractivity contribution in [2.75, 3.05) is 5.32 Å². The molecule has 3 aromatic rings. The minimum Gasteiger partial charge on any atom is -0.472 e. The van der Waals surface area contributed by atoms with E-state index in [0.717, 1.165) is 16.8 Å². The normalized spacial score (nSPS) is 10.2. The molecule has 1 aromatic carbocycles. The van der Waals surface area contributed by atoms with E-state index < -0.39 is 0 Å². The molecule has 0 fully saturated rings. The van der Waals surface area contributed by atoms with Crippen molar-refractivity contribution in [2.24, 2.45) is 0 Å². The van der Waals surface area contributed by atoms with Gasteiger partial charge in [-0.15, -0.1) is 0 Å². The van der Waals surface area contributed by atoms with Gasteiger partial charge in [-0.05, 0) is 23.8 Å². The van der Waals surface area contributed by atoms with Gasteiger partial charge in [0, 0.05) is 23.6 Å². The first-order valence-electron chi connectivity index (χ1n) is 6.02. The molecule has 20 heavy (non-hydrogen) atoms. The third-order valence-corrected chi connectivity index (χ3v) is 2.82. The zero-order valence-electron chi connectivity index (χ0n) is 10.5. The first-order valence-corrected chi connectivity index (χ1v) is 6.02. The lowest BCUT2D eigenvalue weighted by molar-refractivity contribution is 0.102. The fourth-order valence-electron chi connectivity index (χ4n) is 1.79. The molecule has 1 amide bonds. The minimum atomic E-state index is -0.199. The Morgan fingerprint density at radius 3 is 2.40 bits per heavy atom. The lowest BCUT2D eigenvalue weighted by Gasteiger charge is -2.05. The zero-order chi connectivity index (χ0) is 13.8. The van der Waals surface area contributed by atoms with Gasteiger partial charge in [-0.25, -0.2) is 9.97 Å². The Morgan fingerprint density at radius 2 is 1.75 bits per heavy atom. The molecule has 0 spiro atoms. The molecule has 0 aliphatic heterocycles. The molecule has 1 N–H and O–H groups in total. The number of nitrogens with zero attached hydrogens (tertiary/aromatic N) is 2. The molecule has 0 atom stereocenters. The summed E-state index contributed by atoms with van der Waals surface area (Å²) < 4.78 is 4.88. The zero-order valence-corrected chi connectivity index (χ0v) is 10.5. The number of amides is 1. The Bertz CT molecular complexity index is 692. The van der Waals surface area contributed by atoms with E-state index in [1.807, 2.05) is 24.3 Å². The Morgan fingerprint density at radius 1 is 1.00 bits per heavy atom. The molecule has 5 heteroatoms. The Balaban J connectivity index is 1.75. The fourth-order valence-corrected chi connectivity index (χ4v) is 1.79. The van der Waals surface area contributed by atoms with Gasteiger partial charge in [-0.2, -0.15) is 0 Å². The highest BCUT2D eigenvalue weighted by Crippen LogP contribution is 2.20. The van der Waals surface area contributed by atoms with Crippen molar-refractivity contribution in [3.63, 3.8) is 0 Å². The van der Waals surface area contributed by atoms with Crippen molar-refractivity contribution >= 4 is 11.6 Å². The van der Waals surface area contributed by atoms with E-state index in [1.165, 1.54) is 18.9 Å². The van der Waals surface area contributed by atoms with E-state index in [9.17, 15) is 4.79 Å². The van der Waals surface area contributed by atoms with Gasteiger partial charge in [0.2, 0.25) is 0 Å². The van der Waals surface area contributed by atoms with Crippen LogP contribution < -0.4 is 5.32 Å². The second kappa shape index (κ2) is 5.36. The molecule has 0 bridgehead atoms. The van der Waals surface area contributed by atoms with E-state index in [0.29, 0.717) is 5.56 Å². The van der Waals surface area contributed by atoms with E-state index in [4.69, 9.17) is 4.42 Å². The second-order valence-electron chi connectivity index (χ2n) is 4.17. The molecule has 2 aromatic heterocycles. The van der Waals surface area contributed by atoms with E-state index in [2.05, 4.69) is 15.3 Å². The van der Waals surface area contributed by atoms with Crippen LogP contribution in [0, 0.1) is 0 Å². The Hall–Kier alpha value is -2.95. The third kappa shape index (κ3) is 2.56. The summed E-state index contributed by atoms with van der Waals surface area (Å²) in [5, 5.41) is 2.79. The van der Waals surface area contributed by atoms with Crippen molar-refractivity contribution in [1.82, 2.24) is 9.97 Å². The number of hydrogen-bond donors (Lipinski definition) is 1. The van der Waals surface area contributed by atoms with Crippen LogP contribution in [0.5, 0.6) is 0 Å². The van der Waals surface area contributed by atoms with Gasteiger partial charge in [0.15, 0.2) is 0 Å². The average molecular weight is 265 g/mol. The highest BCUT2D eigenvalue weighted by atomic mass is 16.3. The SMILES string of the molecule is O=C(Nc1ccc(-c2cncnc2)cc1)c1ccoc1. The summed E-state index contributed by atoms with van der Waals surface area (Å²) in [6.07, 6.45) is 7.85. The first-order chi connectivity index (χ1) is 9.83. The fraction of sp³-hybridized carbons (Fsp3) is 0. The summed E-state index contributed by atoms with van der Waals surface area (Å²) in [4.78, 5) is 19.8. The number of benzene rings is 1. The maximum atomic E-state index is 11.8. The number of anilines is 1. The molecule has 0 saturated heterocycles. The van der Waals surface area contributed by atoms with Gasteiger partial charge in [-0.3, -0.25) is 4.79 Å². The highest BCUT2D eigenvalue weighted by molar-refractivity contribution is 6.04. The monoisotopic (exact) mass is 265 g/mol. The summed E-state index contributed by atoms with van der Waals surface area (Å²) >= 11 is 0. The minimum absolute atomic E-state index is 0.199. The van der Waals surface area contributed by atoms with Crippen LogP contribution in [0.2, 0.25) is 0 Å². The van der Waals surface area contributed by atoms with E-state index in [1.54, 1.807) is 18.5 Å². The highest BCUT2D eigenvalue weighted by Gasteiger charge is 2.07. The van der Waals surface area contributed by atoms with Crippen LogP contribution in [0.4, 0.5) is 5.69 Å². The van der Waals surface area contributed by atoms with Crippen LogP contribution >= 0.6 is 0 Å². The number of nitrogens with one attached hydrogen (secondary N) is 1. The van der Waals surface area contributed by atoms with Crippen LogP contribution in [-0.2, 0) is 0 Å². The van der Waals surface area contributed by atoms with Gasteiger partial charge in [-0.1, -0.05) is 12.1 Å². The standard InChI is InChI=1S/C15H11N3O2/c19-15(12-5-6-20-9-12)18-14-3-1-11(2-4-14)13-7-16-10-17-8-13/h1-10H,(H,18,19). The molecule has 3 rings (SSSR count). The predicted octanol–water partition coefficient (Wildman–Crippen LogP) is 2.99. The summed E-state index contributed by atoms with van der Waals surface area (Å²) in [6.45, 7) is 0. The number of aromatic nitrogens is 2. The van der Waals surface area contributed by atoms with Gasteiger partial charge in [0.25, 0.3) is 5.91 Å². The van der Waals surface area contributed by atoms with Crippen molar-refractivity contribution in [3.8, 4) is 11.1 Å². The lowest BCUT2D eigenvalue weighted by atomic mass is 10.1. The van der Waals surface area contributed by atoms with E-state index in [-0.39, 0.29) is 5.91 Å². The van der Waals surface area contributed by atoms with Gasteiger partial charge >= 0.3 is 0 Å². The van der Waals surface area contributed by atoms with Crippen LogP contribution in [0.25, 0.3) is 11.1 Å². The van der Waals surface area contributed by atoms with Gasteiger partial charge in [0.05, 0.1) is 11.8 Å². The van der Waals surface area contributed by atoms with Crippen molar-refractivity contribution < 1.29 is 9.21 Å². The van der Waals surface area contributed by atoms with Crippen molar-refractivity contribution in [3.05, 3.63) is 67.1 Å². The Kier molecular flexibility index (Phi) is 3.24. The van der Waals surface area contributed by atoms with Crippen LogP contribution in [-0.4, -0.2) is 15.9 Å². The maximum Gasteiger partial charge on any atom is 0.258 e. The van der Waals surface area contributed by atoms with E-state index >= 15 is 0 Å². The van der Waals surface area contributed by atoms with Crippen LogP contribution in [0.15, 0.2) is 66.0 Å². The molecule has 0 aliphatic carbocycles.